The Morgan fingerprint density at radius 1 is 1.35 bits per heavy atom. The van der Waals surface area contributed by atoms with Gasteiger partial charge in [0.25, 0.3) is 0 Å². The van der Waals surface area contributed by atoms with E-state index in [-0.39, 0.29) is 5.91 Å². The number of benzene rings is 1. The Bertz CT molecular complexity index is 622. The van der Waals surface area contributed by atoms with Crippen molar-refractivity contribution in [3.8, 4) is 0 Å². The topological polar surface area (TPSA) is 68.0 Å². The molecule has 0 bridgehead atoms. The van der Waals surface area contributed by atoms with Crippen molar-refractivity contribution in [1.29, 1.82) is 0 Å². The molecule has 0 aliphatic carbocycles. The molecule has 1 aromatic heterocycles. The third kappa shape index (κ3) is 3.33. The van der Waals surface area contributed by atoms with Crippen molar-refractivity contribution in [2.75, 3.05) is 5.32 Å². The molecule has 1 aromatic carbocycles. The summed E-state index contributed by atoms with van der Waals surface area (Å²) >= 11 is 0. The number of para-hydroxylation sites is 1. The van der Waals surface area contributed by atoms with Crippen molar-refractivity contribution in [2.24, 2.45) is 11.7 Å². The van der Waals surface area contributed by atoms with Gasteiger partial charge in [-0.2, -0.15) is 0 Å². The van der Waals surface area contributed by atoms with Gasteiger partial charge in [0.05, 0.1) is 17.2 Å². The molecule has 3 N–H and O–H groups in total. The maximum atomic E-state index is 12.1. The number of hydrogen-bond acceptors (Lipinski definition) is 3. The first-order valence-electron chi connectivity index (χ1n) is 6.90. The lowest BCUT2D eigenvalue weighted by Crippen LogP contribution is -2.36. The average molecular weight is 271 g/mol. The zero-order valence-corrected chi connectivity index (χ0v) is 12.2. The molecule has 0 saturated heterocycles. The van der Waals surface area contributed by atoms with Crippen LogP contribution in [0.15, 0.2) is 30.3 Å². The smallest absolute Gasteiger partial charge is 0.241 e. The maximum Gasteiger partial charge on any atom is 0.241 e. The zero-order chi connectivity index (χ0) is 14.7. The van der Waals surface area contributed by atoms with Crippen LogP contribution in [0.25, 0.3) is 10.9 Å². The Morgan fingerprint density at radius 3 is 2.75 bits per heavy atom. The zero-order valence-electron chi connectivity index (χ0n) is 12.2. The lowest BCUT2D eigenvalue weighted by atomic mass is 10.0. The molecule has 1 heterocycles. The minimum atomic E-state index is -0.484. The van der Waals surface area contributed by atoms with Gasteiger partial charge in [-0.05, 0) is 31.4 Å². The minimum absolute atomic E-state index is 0.144. The number of nitrogens with zero attached hydrogens (tertiary/aromatic N) is 1. The van der Waals surface area contributed by atoms with E-state index in [9.17, 15) is 4.79 Å². The summed E-state index contributed by atoms with van der Waals surface area (Å²) in [5.41, 5.74) is 8.44. The molecular weight excluding hydrogens is 250 g/mol. The first kappa shape index (κ1) is 14.5. The fourth-order valence-electron chi connectivity index (χ4n) is 2.25. The maximum absolute atomic E-state index is 12.1. The van der Waals surface area contributed by atoms with Crippen LogP contribution in [-0.4, -0.2) is 16.9 Å². The first-order chi connectivity index (χ1) is 9.47. The highest BCUT2D eigenvalue weighted by atomic mass is 16.2. The predicted octanol–water partition coefficient (Wildman–Crippen LogP) is 2.86. The van der Waals surface area contributed by atoms with Gasteiger partial charge in [0, 0.05) is 11.1 Å². The van der Waals surface area contributed by atoms with Crippen LogP contribution >= 0.6 is 0 Å². The molecular formula is C16H21N3O. The number of pyridine rings is 1. The van der Waals surface area contributed by atoms with Crippen LogP contribution in [0.2, 0.25) is 0 Å². The molecule has 0 saturated carbocycles. The quantitative estimate of drug-likeness (QED) is 0.898. The van der Waals surface area contributed by atoms with Crippen molar-refractivity contribution < 1.29 is 4.79 Å². The van der Waals surface area contributed by atoms with E-state index in [4.69, 9.17) is 5.73 Å². The first-order valence-corrected chi connectivity index (χ1v) is 6.90. The molecule has 0 unspecified atom stereocenters. The molecule has 2 rings (SSSR count). The van der Waals surface area contributed by atoms with Gasteiger partial charge in [-0.15, -0.1) is 0 Å². The van der Waals surface area contributed by atoms with Crippen LogP contribution in [0.5, 0.6) is 0 Å². The van der Waals surface area contributed by atoms with Gasteiger partial charge in [-0.25, -0.2) is 0 Å². The van der Waals surface area contributed by atoms with Crippen LogP contribution in [0.1, 0.15) is 26.0 Å². The van der Waals surface area contributed by atoms with Gasteiger partial charge in [0.1, 0.15) is 0 Å². The summed E-state index contributed by atoms with van der Waals surface area (Å²) in [4.78, 5) is 16.6. The second-order valence-electron chi connectivity index (χ2n) is 5.55. The Morgan fingerprint density at radius 2 is 2.05 bits per heavy atom. The molecule has 106 valence electrons. The molecule has 20 heavy (non-hydrogen) atoms. The number of nitrogens with two attached hydrogens (primary N) is 1. The van der Waals surface area contributed by atoms with Gasteiger partial charge in [0.2, 0.25) is 5.91 Å². The fraction of sp³-hybridized carbons (Fsp3) is 0.375. The largest absolute Gasteiger partial charge is 0.324 e. The van der Waals surface area contributed by atoms with E-state index in [1.807, 2.05) is 37.3 Å². The molecule has 1 amide bonds. The number of anilines is 1. The molecule has 4 heteroatoms. The number of nitrogens with one attached hydrogen (secondary N) is 1. The second kappa shape index (κ2) is 6.01. The number of carbonyl (C=O) groups excluding carboxylic acids is 1. The summed E-state index contributed by atoms with van der Waals surface area (Å²) in [5.74, 6) is 0.251. The number of aryl methyl sites for hydroxylation is 1. The van der Waals surface area contributed by atoms with E-state index in [0.29, 0.717) is 12.3 Å². The highest BCUT2D eigenvalue weighted by Gasteiger charge is 2.16. The van der Waals surface area contributed by atoms with Crippen LogP contribution in [0.4, 0.5) is 5.69 Å². The standard InChI is InChI=1S/C16H21N3O/c1-10(2)8-13(17)16(20)19-15-9-11(3)18-14-7-5-4-6-12(14)15/h4-7,9-10,13H,8,17H2,1-3H3,(H,18,19,20)/t13-/m0/s1. The van der Waals surface area contributed by atoms with Crippen LogP contribution in [-0.2, 0) is 4.79 Å². The Hall–Kier alpha value is -1.94. The van der Waals surface area contributed by atoms with Gasteiger partial charge < -0.3 is 11.1 Å². The van der Waals surface area contributed by atoms with Crippen molar-refractivity contribution in [3.05, 3.63) is 36.0 Å². The van der Waals surface area contributed by atoms with Crippen molar-refractivity contribution in [2.45, 2.75) is 33.2 Å². The number of aromatic nitrogens is 1. The fourth-order valence-corrected chi connectivity index (χ4v) is 2.25. The molecule has 0 spiro atoms. The molecule has 0 radical (unpaired) electrons. The summed E-state index contributed by atoms with van der Waals surface area (Å²) in [6.07, 6.45) is 0.674. The Balaban J connectivity index is 2.27. The molecule has 0 fully saturated rings. The number of fused-ring (bicyclic) bond motifs is 1. The highest BCUT2D eigenvalue weighted by Crippen LogP contribution is 2.23. The summed E-state index contributed by atoms with van der Waals surface area (Å²) in [6, 6.07) is 9.15. The normalized spacial score (nSPS) is 12.7. The van der Waals surface area contributed by atoms with Crippen molar-refractivity contribution in [3.63, 3.8) is 0 Å². The van der Waals surface area contributed by atoms with E-state index >= 15 is 0 Å². The van der Waals surface area contributed by atoms with E-state index in [0.717, 1.165) is 22.3 Å². The molecule has 0 aliphatic rings. The van der Waals surface area contributed by atoms with Gasteiger partial charge in [-0.3, -0.25) is 9.78 Å². The number of rotatable bonds is 4. The van der Waals surface area contributed by atoms with Gasteiger partial charge in [-0.1, -0.05) is 32.0 Å². The molecule has 4 nitrogen and oxygen atoms in total. The van der Waals surface area contributed by atoms with Crippen LogP contribution < -0.4 is 11.1 Å². The third-order valence-corrected chi connectivity index (χ3v) is 3.16. The Kier molecular flexibility index (Phi) is 4.35. The Labute approximate surface area is 119 Å². The highest BCUT2D eigenvalue weighted by molar-refractivity contribution is 6.02. The SMILES string of the molecule is Cc1cc(NC(=O)[C@@H](N)CC(C)C)c2ccccc2n1. The minimum Gasteiger partial charge on any atom is -0.324 e. The molecule has 2 aromatic rings. The molecule has 1 atom stereocenters. The number of hydrogen-bond donors (Lipinski definition) is 2. The van der Waals surface area contributed by atoms with E-state index in [1.54, 1.807) is 0 Å². The van der Waals surface area contributed by atoms with Crippen LogP contribution in [0, 0.1) is 12.8 Å². The molecule has 0 aliphatic heterocycles. The summed E-state index contributed by atoms with van der Waals surface area (Å²) in [7, 11) is 0. The summed E-state index contributed by atoms with van der Waals surface area (Å²) < 4.78 is 0. The second-order valence-corrected chi connectivity index (χ2v) is 5.55. The third-order valence-electron chi connectivity index (χ3n) is 3.16. The van der Waals surface area contributed by atoms with Crippen molar-refractivity contribution in [1.82, 2.24) is 4.98 Å². The lowest BCUT2D eigenvalue weighted by molar-refractivity contribution is -0.117. The predicted molar refractivity (Wildman–Crippen MR) is 82.5 cm³/mol. The average Bonchev–Trinajstić information content (AvgIpc) is 2.37. The van der Waals surface area contributed by atoms with E-state index < -0.39 is 6.04 Å². The summed E-state index contributed by atoms with van der Waals surface area (Å²) in [6.45, 7) is 6.02. The van der Waals surface area contributed by atoms with Crippen LogP contribution in [0.3, 0.4) is 0 Å². The number of amides is 1. The van der Waals surface area contributed by atoms with E-state index in [1.165, 1.54) is 0 Å². The van der Waals surface area contributed by atoms with E-state index in [2.05, 4.69) is 24.1 Å². The number of carbonyl (C=O) groups is 1. The van der Waals surface area contributed by atoms with Gasteiger partial charge in [0.15, 0.2) is 0 Å². The lowest BCUT2D eigenvalue weighted by Gasteiger charge is -2.15. The van der Waals surface area contributed by atoms with Crippen molar-refractivity contribution >= 4 is 22.5 Å². The van der Waals surface area contributed by atoms with Gasteiger partial charge >= 0.3 is 0 Å². The monoisotopic (exact) mass is 271 g/mol. The summed E-state index contributed by atoms with van der Waals surface area (Å²) in [5, 5.41) is 3.86.